The lowest BCUT2D eigenvalue weighted by molar-refractivity contribution is -0.143. The second-order valence-electron chi connectivity index (χ2n) is 12.6. The first-order valence-electron chi connectivity index (χ1n) is 14.7. The van der Waals surface area contributed by atoms with Gasteiger partial charge in [-0.1, -0.05) is 26.0 Å². The number of amides is 1. The summed E-state index contributed by atoms with van der Waals surface area (Å²) in [5.74, 6) is -0.605. The number of carboxylic acid groups (broad SMARTS) is 1. The zero-order valence-corrected chi connectivity index (χ0v) is 25.9. The maximum Gasteiger partial charge on any atom is 0.416 e. The fraction of sp³-hybridized carbons (Fsp3) is 0.382. The summed E-state index contributed by atoms with van der Waals surface area (Å²) in [5.41, 5.74) is 0.234. The number of alkyl halides is 6. The summed E-state index contributed by atoms with van der Waals surface area (Å²) in [5, 5.41) is 9.21. The SMILES string of the molecule is COc1ccc(-c2ccc(C(=O)O)nc2)cc1C1=C(CN2C(=O)O[C@H](c3cc(C(F)(F)F)cc(C(F)(F)F)c3)[C@@H]2C)CC(C)(C)CC1. The first-order valence-corrected chi connectivity index (χ1v) is 14.7. The van der Waals surface area contributed by atoms with Crippen LogP contribution >= 0.6 is 0 Å². The first-order chi connectivity index (χ1) is 21.9. The van der Waals surface area contributed by atoms with E-state index in [2.05, 4.69) is 18.8 Å². The number of carbonyl (C=O) groups excluding carboxylic acids is 1. The molecule has 1 aromatic heterocycles. The third-order valence-electron chi connectivity index (χ3n) is 8.70. The molecule has 2 heterocycles. The number of carbonyl (C=O) groups is 2. The molecular formula is C34H32F6N2O5. The highest BCUT2D eigenvalue weighted by atomic mass is 19.4. The predicted octanol–water partition coefficient (Wildman–Crippen LogP) is 9.04. The second-order valence-corrected chi connectivity index (χ2v) is 12.6. The van der Waals surface area contributed by atoms with E-state index in [1.54, 1.807) is 12.1 Å². The van der Waals surface area contributed by atoms with Gasteiger partial charge in [0.25, 0.3) is 0 Å². The highest BCUT2D eigenvalue weighted by molar-refractivity contribution is 5.86. The van der Waals surface area contributed by atoms with E-state index >= 15 is 0 Å². The Bertz CT molecular complexity index is 1700. The van der Waals surface area contributed by atoms with Crippen molar-refractivity contribution in [3.63, 3.8) is 0 Å². The van der Waals surface area contributed by atoms with E-state index in [1.165, 1.54) is 31.2 Å². The van der Waals surface area contributed by atoms with Gasteiger partial charge in [0, 0.05) is 23.9 Å². The number of hydrogen-bond donors (Lipinski definition) is 1. The lowest BCUT2D eigenvalue weighted by Gasteiger charge is -2.36. The van der Waals surface area contributed by atoms with Crippen LogP contribution in [0.25, 0.3) is 16.7 Å². The van der Waals surface area contributed by atoms with Crippen LogP contribution in [-0.4, -0.2) is 46.7 Å². The third kappa shape index (κ3) is 7.08. The maximum atomic E-state index is 13.6. The minimum atomic E-state index is -5.04. The Kier molecular flexibility index (Phi) is 8.80. The molecule has 0 unspecified atom stereocenters. The van der Waals surface area contributed by atoms with Crippen LogP contribution in [0, 0.1) is 5.41 Å². The van der Waals surface area contributed by atoms with Crippen molar-refractivity contribution in [2.24, 2.45) is 5.41 Å². The average molecular weight is 663 g/mol. The van der Waals surface area contributed by atoms with Crippen molar-refractivity contribution < 1.29 is 50.5 Å². The van der Waals surface area contributed by atoms with Gasteiger partial charge < -0.3 is 14.6 Å². The molecule has 47 heavy (non-hydrogen) atoms. The van der Waals surface area contributed by atoms with Gasteiger partial charge in [0.2, 0.25) is 0 Å². The number of hydrogen-bond acceptors (Lipinski definition) is 5. The van der Waals surface area contributed by atoms with Gasteiger partial charge in [-0.05, 0) is 90.3 Å². The normalized spacial score (nSPS) is 20.0. The smallest absolute Gasteiger partial charge is 0.416 e. The number of aromatic carboxylic acids is 1. The first kappa shape index (κ1) is 33.8. The number of halogens is 6. The number of ether oxygens (including phenoxy) is 2. The molecule has 0 saturated carbocycles. The Morgan fingerprint density at radius 2 is 1.66 bits per heavy atom. The molecule has 0 radical (unpaired) electrons. The largest absolute Gasteiger partial charge is 0.496 e. The van der Waals surface area contributed by atoms with Crippen LogP contribution in [0.2, 0.25) is 0 Å². The fourth-order valence-corrected chi connectivity index (χ4v) is 6.21. The van der Waals surface area contributed by atoms with Crippen LogP contribution in [0.4, 0.5) is 31.1 Å². The van der Waals surface area contributed by atoms with E-state index in [1.807, 2.05) is 12.1 Å². The molecule has 2 aliphatic rings. The van der Waals surface area contributed by atoms with Crippen molar-refractivity contribution in [2.45, 2.75) is 64.5 Å². The number of cyclic esters (lactones) is 1. The van der Waals surface area contributed by atoms with E-state index in [0.29, 0.717) is 36.3 Å². The fourth-order valence-electron chi connectivity index (χ4n) is 6.21. The summed E-state index contributed by atoms with van der Waals surface area (Å²) >= 11 is 0. The zero-order chi connectivity index (χ0) is 34.5. The van der Waals surface area contributed by atoms with Crippen LogP contribution in [0.1, 0.15) is 78.9 Å². The quantitative estimate of drug-likeness (QED) is 0.254. The van der Waals surface area contributed by atoms with Gasteiger partial charge in [0.1, 0.15) is 17.5 Å². The molecular weight excluding hydrogens is 630 g/mol. The lowest BCUT2D eigenvalue weighted by atomic mass is 9.72. The van der Waals surface area contributed by atoms with Crippen molar-refractivity contribution >= 4 is 17.6 Å². The Morgan fingerprint density at radius 1 is 1.02 bits per heavy atom. The molecule has 0 bridgehead atoms. The predicted molar refractivity (Wildman–Crippen MR) is 160 cm³/mol. The number of benzene rings is 2. The molecule has 7 nitrogen and oxygen atoms in total. The van der Waals surface area contributed by atoms with Crippen LogP contribution < -0.4 is 4.74 Å². The van der Waals surface area contributed by atoms with Crippen molar-refractivity contribution in [3.05, 3.63) is 88.2 Å². The van der Waals surface area contributed by atoms with E-state index in [4.69, 9.17) is 9.47 Å². The number of carboxylic acids is 1. The molecule has 5 rings (SSSR count). The molecule has 13 heteroatoms. The van der Waals surface area contributed by atoms with Gasteiger partial charge in [0.05, 0.1) is 24.3 Å². The van der Waals surface area contributed by atoms with Crippen molar-refractivity contribution in [3.8, 4) is 16.9 Å². The molecule has 0 spiro atoms. The van der Waals surface area contributed by atoms with E-state index in [0.717, 1.165) is 28.7 Å². The standard InChI is InChI=1S/C34H32F6N2O5/c1-18-29(21-11-23(33(35,36)37)14-24(12-21)34(38,39)40)47-31(45)42(18)17-22-15-32(2,3)10-9-25(22)26-13-19(6-8-28(26)46-4)20-5-7-27(30(43)44)41-16-20/h5-8,11-14,16,18,29H,9-10,15,17H2,1-4H3,(H,43,44)/t18-,29-/m0/s1. The zero-order valence-electron chi connectivity index (χ0n) is 25.9. The molecule has 3 aromatic rings. The molecule has 2 atom stereocenters. The van der Waals surface area contributed by atoms with E-state index in [-0.39, 0.29) is 23.7 Å². The summed E-state index contributed by atoms with van der Waals surface area (Å²) in [4.78, 5) is 29.8. The molecule has 2 aromatic carbocycles. The summed E-state index contributed by atoms with van der Waals surface area (Å²) in [6.45, 7) is 5.71. The van der Waals surface area contributed by atoms with Crippen molar-refractivity contribution in [1.82, 2.24) is 9.88 Å². The lowest BCUT2D eigenvalue weighted by Crippen LogP contribution is -2.35. The van der Waals surface area contributed by atoms with Crippen molar-refractivity contribution in [2.75, 3.05) is 13.7 Å². The third-order valence-corrected chi connectivity index (χ3v) is 8.70. The van der Waals surface area contributed by atoms with Crippen LogP contribution in [0.15, 0.2) is 60.3 Å². The highest BCUT2D eigenvalue weighted by Crippen LogP contribution is 2.47. The number of rotatable bonds is 7. The van der Waals surface area contributed by atoms with Crippen molar-refractivity contribution in [1.29, 1.82) is 0 Å². The molecule has 1 amide bonds. The molecule has 1 fully saturated rings. The average Bonchev–Trinajstić information content (AvgIpc) is 3.28. The van der Waals surface area contributed by atoms with Gasteiger partial charge in [-0.25, -0.2) is 14.6 Å². The van der Waals surface area contributed by atoms with Gasteiger partial charge in [-0.3, -0.25) is 4.90 Å². The van der Waals surface area contributed by atoms with Gasteiger partial charge in [-0.2, -0.15) is 26.3 Å². The van der Waals surface area contributed by atoms with Gasteiger partial charge in [-0.15, -0.1) is 0 Å². The number of nitrogens with zero attached hydrogens (tertiary/aromatic N) is 2. The minimum absolute atomic E-state index is 0.0304. The second kappa shape index (κ2) is 12.2. The van der Waals surface area contributed by atoms with Crippen LogP contribution in [0.3, 0.4) is 0 Å². The highest BCUT2D eigenvalue weighted by Gasteiger charge is 2.44. The Morgan fingerprint density at radius 3 is 2.21 bits per heavy atom. The molecule has 1 aliphatic carbocycles. The number of aromatic nitrogens is 1. The Hall–Kier alpha value is -4.55. The summed E-state index contributed by atoms with van der Waals surface area (Å²) in [7, 11) is 1.52. The number of pyridine rings is 1. The maximum absolute atomic E-state index is 13.6. The minimum Gasteiger partial charge on any atom is -0.496 e. The van der Waals surface area contributed by atoms with Gasteiger partial charge >= 0.3 is 24.4 Å². The Balaban J connectivity index is 1.53. The molecule has 1 saturated heterocycles. The monoisotopic (exact) mass is 662 g/mol. The summed E-state index contributed by atoms with van der Waals surface area (Å²) in [6.07, 6.45) is -8.92. The number of allylic oxidation sites excluding steroid dienone is 1. The van der Waals surface area contributed by atoms with Crippen LogP contribution in [0.5, 0.6) is 5.75 Å². The van der Waals surface area contributed by atoms with Crippen LogP contribution in [-0.2, 0) is 17.1 Å². The molecule has 250 valence electrons. The van der Waals surface area contributed by atoms with E-state index in [9.17, 15) is 41.0 Å². The Labute approximate surface area is 266 Å². The van der Waals surface area contributed by atoms with E-state index < -0.39 is 53.3 Å². The molecule has 1 N–H and O–H groups in total. The van der Waals surface area contributed by atoms with Gasteiger partial charge in [0.15, 0.2) is 0 Å². The summed E-state index contributed by atoms with van der Waals surface area (Å²) < 4.78 is 92.6. The number of methoxy groups -OCH3 is 1. The molecule has 1 aliphatic heterocycles. The summed E-state index contributed by atoms with van der Waals surface area (Å²) in [6, 6.07) is 8.84. The topological polar surface area (TPSA) is 89.0 Å².